The Bertz CT molecular complexity index is 773. The molecule has 120 valence electrons. The first-order chi connectivity index (χ1) is 11.2. The van der Waals surface area contributed by atoms with Gasteiger partial charge in [0.25, 0.3) is 0 Å². The molecule has 0 aliphatic heterocycles. The normalized spacial score (nSPS) is 13.7. The van der Waals surface area contributed by atoms with Gasteiger partial charge in [-0.05, 0) is 19.8 Å². The zero-order chi connectivity index (χ0) is 16.4. The highest BCUT2D eigenvalue weighted by molar-refractivity contribution is 7.98. The van der Waals surface area contributed by atoms with Crippen molar-refractivity contribution >= 4 is 34.1 Å². The lowest BCUT2D eigenvalue weighted by molar-refractivity contribution is 0.0531. The van der Waals surface area contributed by atoms with E-state index in [1.54, 1.807) is 13.3 Å². The Kier molecular flexibility index (Phi) is 4.54. The van der Waals surface area contributed by atoms with Gasteiger partial charge < -0.3 is 15.0 Å². The van der Waals surface area contributed by atoms with Gasteiger partial charge in [-0.15, -0.1) is 21.5 Å². The minimum absolute atomic E-state index is 0.279. The summed E-state index contributed by atoms with van der Waals surface area (Å²) >= 11 is 2.55. The van der Waals surface area contributed by atoms with E-state index < -0.39 is 5.97 Å². The number of carbonyl (C=O) groups excluding carboxylic acids is 1. The maximum absolute atomic E-state index is 12.1. The molecule has 0 spiro atoms. The van der Waals surface area contributed by atoms with E-state index in [4.69, 9.17) is 10.5 Å². The Morgan fingerprint density at radius 2 is 2.43 bits per heavy atom. The van der Waals surface area contributed by atoms with Crippen molar-refractivity contribution in [2.75, 3.05) is 12.3 Å². The molecular formula is C14H15N5O2S2. The number of nitrogens with zero attached hydrogens (tertiary/aromatic N) is 4. The molecule has 0 saturated heterocycles. The molecule has 9 heteroatoms. The largest absolute Gasteiger partial charge is 0.462 e. The summed E-state index contributed by atoms with van der Waals surface area (Å²) in [7, 11) is 0. The van der Waals surface area contributed by atoms with Gasteiger partial charge in [0.05, 0.1) is 12.2 Å². The standard InChI is InChI=1S/C14H15N5O2S2/c1-2-21-13(20)11-10(9(5-15)12(16)23-11)6-22-14-18-17-7-19(14)8-3-4-8/h7-8H,2-4,6,16H2,1H3. The number of nitriles is 1. The minimum Gasteiger partial charge on any atom is -0.462 e. The Balaban J connectivity index is 1.84. The summed E-state index contributed by atoms with van der Waals surface area (Å²) in [6, 6.07) is 2.55. The Morgan fingerprint density at radius 3 is 3.09 bits per heavy atom. The lowest BCUT2D eigenvalue weighted by Gasteiger charge is -2.06. The average molecular weight is 349 g/mol. The molecule has 0 aromatic carbocycles. The maximum atomic E-state index is 12.1. The van der Waals surface area contributed by atoms with E-state index in [1.807, 2.05) is 4.57 Å². The molecule has 2 heterocycles. The molecular weight excluding hydrogens is 334 g/mol. The van der Waals surface area contributed by atoms with Crippen LogP contribution in [0.1, 0.15) is 46.6 Å². The van der Waals surface area contributed by atoms with Gasteiger partial charge in [-0.25, -0.2) is 4.79 Å². The zero-order valence-electron chi connectivity index (χ0n) is 12.5. The van der Waals surface area contributed by atoms with Crippen LogP contribution in [0.4, 0.5) is 5.00 Å². The molecule has 3 rings (SSSR count). The average Bonchev–Trinajstić information content (AvgIpc) is 3.18. The van der Waals surface area contributed by atoms with Crippen LogP contribution in [0.15, 0.2) is 11.5 Å². The van der Waals surface area contributed by atoms with Gasteiger partial charge in [0.1, 0.15) is 22.3 Å². The molecule has 0 radical (unpaired) electrons. The van der Waals surface area contributed by atoms with Crippen LogP contribution in [0.2, 0.25) is 0 Å². The summed E-state index contributed by atoms with van der Waals surface area (Å²) in [5.41, 5.74) is 6.83. The van der Waals surface area contributed by atoms with Gasteiger partial charge in [0.15, 0.2) is 5.16 Å². The number of carbonyl (C=O) groups is 1. The highest BCUT2D eigenvalue weighted by Crippen LogP contribution is 2.39. The van der Waals surface area contributed by atoms with Gasteiger partial charge >= 0.3 is 5.97 Å². The first kappa shape index (κ1) is 15.8. The second-order valence-electron chi connectivity index (χ2n) is 5.02. The van der Waals surface area contributed by atoms with Crippen molar-refractivity contribution in [3.63, 3.8) is 0 Å². The van der Waals surface area contributed by atoms with Crippen LogP contribution in [0.5, 0.6) is 0 Å². The van der Waals surface area contributed by atoms with Gasteiger partial charge in [-0.1, -0.05) is 11.8 Å². The number of nitrogen functional groups attached to an aromatic ring is 1. The molecule has 1 saturated carbocycles. The third-order valence-corrected chi connectivity index (χ3v) is 5.46. The summed E-state index contributed by atoms with van der Waals surface area (Å²) in [5, 5.41) is 18.5. The first-order valence-corrected chi connectivity index (χ1v) is 8.96. The van der Waals surface area contributed by atoms with E-state index in [9.17, 15) is 10.1 Å². The molecule has 2 aromatic rings. The molecule has 0 bridgehead atoms. The molecule has 1 fully saturated rings. The number of anilines is 1. The van der Waals surface area contributed by atoms with Crippen molar-refractivity contribution in [2.45, 2.75) is 36.7 Å². The monoisotopic (exact) mass is 349 g/mol. The molecule has 1 aliphatic carbocycles. The number of nitrogens with two attached hydrogens (primary N) is 1. The number of hydrogen-bond acceptors (Lipinski definition) is 8. The molecule has 2 N–H and O–H groups in total. The van der Waals surface area contributed by atoms with Crippen LogP contribution in [0.3, 0.4) is 0 Å². The minimum atomic E-state index is -0.440. The number of esters is 1. The van der Waals surface area contributed by atoms with Crippen LogP contribution in [-0.2, 0) is 10.5 Å². The Hall–Kier alpha value is -2.05. The number of thioether (sulfide) groups is 1. The molecule has 0 amide bonds. The van der Waals surface area contributed by atoms with Crippen molar-refractivity contribution in [1.29, 1.82) is 5.26 Å². The van der Waals surface area contributed by atoms with Gasteiger partial charge in [-0.2, -0.15) is 5.26 Å². The van der Waals surface area contributed by atoms with Crippen molar-refractivity contribution < 1.29 is 9.53 Å². The number of rotatable bonds is 6. The quantitative estimate of drug-likeness (QED) is 0.631. The smallest absolute Gasteiger partial charge is 0.348 e. The summed E-state index contributed by atoms with van der Waals surface area (Å²) < 4.78 is 7.09. The van der Waals surface area contributed by atoms with Gasteiger partial charge in [0, 0.05) is 17.4 Å². The third kappa shape index (κ3) is 3.18. The van der Waals surface area contributed by atoms with E-state index in [0.29, 0.717) is 32.8 Å². The van der Waals surface area contributed by atoms with E-state index in [2.05, 4.69) is 16.3 Å². The fraction of sp³-hybridized carbons (Fsp3) is 0.429. The van der Waals surface area contributed by atoms with Crippen LogP contribution < -0.4 is 5.73 Å². The zero-order valence-corrected chi connectivity index (χ0v) is 14.1. The second kappa shape index (κ2) is 6.60. The summed E-state index contributed by atoms with van der Waals surface area (Å²) in [5.74, 6) is -0.0131. The van der Waals surface area contributed by atoms with E-state index in [0.717, 1.165) is 29.3 Å². The molecule has 1 aliphatic rings. The van der Waals surface area contributed by atoms with Gasteiger partial charge in [0.2, 0.25) is 0 Å². The Morgan fingerprint density at radius 1 is 1.65 bits per heavy atom. The van der Waals surface area contributed by atoms with Crippen LogP contribution in [0.25, 0.3) is 0 Å². The lowest BCUT2D eigenvalue weighted by atomic mass is 10.2. The van der Waals surface area contributed by atoms with Crippen LogP contribution in [0, 0.1) is 11.3 Å². The highest BCUT2D eigenvalue weighted by atomic mass is 32.2. The van der Waals surface area contributed by atoms with Crippen LogP contribution >= 0.6 is 23.1 Å². The third-order valence-electron chi connectivity index (χ3n) is 3.43. The number of hydrogen-bond donors (Lipinski definition) is 1. The van der Waals surface area contributed by atoms with E-state index >= 15 is 0 Å². The van der Waals surface area contributed by atoms with Crippen LogP contribution in [-0.4, -0.2) is 27.3 Å². The fourth-order valence-corrected chi connectivity index (χ4v) is 4.22. The van der Waals surface area contributed by atoms with Crippen molar-refractivity contribution in [3.8, 4) is 6.07 Å². The first-order valence-electron chi connectivity index (χ1n) is 7.16. The summed E-state index contributed by atoms with van der Waals surface area (Å²) in [6.07, 6.45) is 3.99. The number of aromatic nitrogens is 3. The maximum Gasteiger partial charge on any atom is 0.348 e. The topological polar surface area (TPSA) is 107 Å². The van der Waals surface area contributed by atoms with Crippen molar-refractivity contribution in [2.24, 2.45) is 0 Å². The Labute approximate surface area is 141 Å². The number of ether oxygens (including phenoxy) is 1. The molecule has 2 aromatic heterocycles. The second-order valence-corrected chi connectivity index (χ2v) is 7.02. The van der Waals surface area contributed by atoms with E-state index in [1.165, 1.54) is 11.8 Å². The molecule has 23 heavy (non-hydrogen) atoms. The molecule has 0 unspecified atom stereocenters. The number of thiophene rings is 1. The van der Waals surface area contributed by atoms with Crippen molar-refractivity contribution in [1.82, 2.24) is 14.8 Å². The van der Waals surface area contributed by atoms with Gasteiger partial charge in [-0.3, -0.25) is 0 Å². The predicted octanol–water partition coefficient (Wildman–Crippen LogP) is 2.60. The fourth-order valence-electron chi connectivity index (χ4n) is 2.18. The molecule has 7 nitrogen and oxygen atoms in total. The van der Waals surface area contributed by atoms with Crippen molar-refractivity contribution in [3.05, 3.63) is 22.3 Å². The van der Waals surface area contributed by atoms with E-state index in [-0.39, 0.29) is 6.61 Å². The highest BCUT2D eigenvalue weighted by Gasteiger charge is 2.27. The summed E-state index contributed by atoms with van der Waals surface area (Å²) in [4.78, 5) is 12.5. The summed E-state index contributed by atoms with van der Waals surface area (Å²) in [6.45, 7) is 2.02. The molecule has 0 atom stereocenters. The predicted molar refractivity (Wildman–Crippen MR) is 87.3 cm³/mol. The SMILES string of the molecule is CCOC(=O)c1sc(N)c(C#N)c1CSc1nncn1C1CC1. The lowest BCUT2D eigenvalue weighted by Crippen LogP contribution is -2.05.